The van der Waals surface area contributed by atoms with E-state index in [0.29, 0.717) is 18.0 Å². The van der Waals surface area contributed by atoms with Crippen LogP contribution in [0.3, 0.4) is 0 Å². The van der Waals surface area contributed by atoms with E-state index in [1.54, 1.807) is 0 Å². The summed E-state index contributed by atoms with van der Waals surface area (Å²) >= 11 is 0. The summed E-state index contributed by atoms with van der Waals surface area (Å²) in [6, 6.07) is 11.9. The zero-order valence-corrected chi connectivity index (χ0v) is 17.6. The zero-order valence-electron chi connectivity index (χ0n) is 17.6. The van der Waals surface area contributed by atoms with Gasteiger partial charge in [-0.05, 0) is 80.7 Å². The molecule has 6 aliphatic rings. The van der Waals surface area contributed by atoms with Crippen LogP contribution in [0.2, 0.25) is 0 Å². The molecule has 4 heteroatoms. The quantitative estimate of drug-likeness (QED) is 0.853. The monoisotopic (exact) mass is 393 g/mol. The lowest BCUT2D eigenvalue weighted by Crippen LogP contribution is -2.65. The molecule has 4 nitrogen and oxygen atoms in total. The molecule has 6 fully saturated rings. The molecule has 2 aliphatic heterocycles. The average molecular weight is 394 g/mol. The van der Waals surface area contributed by atoms with Gasteiger partial charge in [0, 0.05) is 31.2 Å². The number of piperazine rings is 1. The van der Waals surface area contributed by atoms with Crippen LogP contribution in [0.15, 0.2) is 30.3 Å². The second-order valence-corrected chi connectivity index (χ2v) is 11.0. The first-order valence-electron chi connectivity index (χ1n) is 11.9. The van der Waals surface area contributed by atoms with E-state index in [4.69, 9.17) is 0 Å². The molecule has 4 saturated carbocycles. The van der Waals surface area contributed by atoms with E-state index in [2.05, 4.69) is 45.4 Å². The van der Waals surface area contributed by atoms with Gasteiger partial charge in [0.1, 0.15) is 0 Å². The molecule has 0 spiro atoms. The molecule has 4 aliphatic carbocycles. The van der Waals surface area contributed by atoms with Crippen LogP contribution in [0, 0.1) is 11.8 Å². The summed E-state index contributed by atoms with van der Waals surface area (Å²) in [5.74, 6) is 1.86. The molecule has 2 saturated heterocycles. The summed E-state index contributed by atoms with van der Waals surface area (Å²) in [7, 11) is 0. The Hall–Kier alpha value is -1.39. The van der Waals surface area contributed by atoms with Crippen molar-refractivity contribution in [1.82, 2.24) is 15.1 Å². The second-order valence-electron chi connectivity index (χ2n) is 11.0. The number of carbonyl (C=O) groups is 1. The third kappa shape index (κ3) is 3.23. The van der Waals surface area contributed by atoms with E-state index in [-0.39, 0.29) is 11.4 Å². The lowest BCUT2D eigenvalue weighted by Gasteiger charge is -2.62. The fourth-order valence-corrected chi connectivity index (χ4v) is 8.28. The van der Waals surface area contributed by atoms with Gasteiger partial charge in [0.2, 0.25) is 5.91 Å². The van der Waals surface area contributed by atoms with Crippen LogP contribution in [0.1, 0.15) is 56.9 Å². The predicted molar refractivity (Wildman–Crippen MR) is 115 cm³/mol. The highest BCUT2D eigenvalue weighted by Crippen LogP contribution is 2.62. The Balaban J connectivity index is 1.16. The van der Waals surface area contributed by atoms with Gasteiger partial charge >= 0.3 is 0 Å². The van der Waals surface area contributed by atoms with Gasteiger partial charge in [-0.25, -0.2) is 0 Å². The number of nitrogens with zero attached hydrogens (tertiary/aromatic N) is 2. The van der Waals surface area contributed by atoms with Crippen LogP contribution in [-0.2, 0) is 10.2 Å². The van der Waals surface area contributed by atoms with E-state index in [0.717, 1.165) is 37.9 Å². The first-order chi connectivity index (χ1) is 14.1. The van der Waals surface area contributed by atoms with E-state index in [1.165, 1.54) is 57.1 Å². The molecule has 1 aromatic carbocycles. The molecule has 1 N–H and O–H groups in total. The van der Waals surface area contributed by atoms with Crippen molar-refractivity contribution in [1.29, 1.82) is 0 Å². The first-order valence-corrected chi connectivity index (χ1v) is 11.9. The summed E-state index contributed by atoms with van der Waals surface area (Å²) in [5.41, 5.74) is 1.87. The molecule has 5 atom stereocenters. The molecule has 156 valence electrons. The summed E-state index contributed by atoms with van der Waals surface area (Å²) in [6.45, 7) is 5.14. The fourth-order valence-electron chi connectivity index (χ4n) is 8.28. The number of carbonyl (C=O) groups excluding carboxylic acids is 1. The van der Waals surface area contributed by atoms with Crippen molar-refractivity contribution in [2.24, 2.45) is 11.8 Å². The van der Waals surface area contributed by atoms with Gasteiger partial charge < -0.3 is 5.32 Å². The van der Waals surface area contributed by atoms with Gasteiger partial charge in [0.15, 0.2) is 0 Å². The maximum Gasteiger partial charge on any atom is 0.234 e. The Morgan fingerprint density at radius 3 is 2.62 bits per heavy atom. The van der Waals surface area contributed by atoms with Crippen LogP contribution in [0.25, 0.3) is 0 Å². The van der Waals surface area contributed by atoms with Crippen molar-refractivity contribution in [2.45, 2.75) is 68.4 Å². The highest BCUT2D eigenvalue weighted by atomic mass is 16.2. The minimum absolute atomic E-state index is 0.0478. The number of benzene rings is 1. The largest absolute Gasteiger partial charge is 0.350 e. The van der Waals surface area contributed by atoms with Crippen LogP contribution >= 0.6 is 0 Å². The van der Waals surface area contributed by atoms with Crippen molar-refractivity contribution in [3.8, 4) is 0 Å². The van der Waals surface area contributed by atoms with Crippen molar-refractivity contribution in [3.63, 3.8) is 0 Å². The third-order valence-electron chi connectivity index (χ3n) is 8.89. The minimum Gasteiger partial charge on any atom is -0.350 e. The zero-order chi connectivity index (χ0) is 19.5. The topological polar surface area (TPSA) is 35.6 Å². The normalized spacial score (nSPS) is 41.4. The third-order valence-corrected chi connectivity index (χ3v) is 8.89. The first kappa shape index (κ1) is 18.4. The van der Waals surface area contributed by atoms with Gasteiger partial charge in [-0.2, -0.15) is 0 Å². The van der Waals surface area contributed by atoms with E-state index >= 15 is 0 Å². The van der Waals surface area contributed by atoms with Gasteiger partial charge in [-0.15, -0.1) is 0 Å². The number of amides is 1. The molecule has 0 aromatic heterocycles. The standard InChI is InChI=1S/C25H35N3O/c29-23(17-27-9-10-28-8-4-7-22(28)16-27)26-25-14-19-11-20(15-25)13-24(12-19,18-25)21-5-2-1-3-6-21/h1-3,5-6,19-20,22H,4,7-18H2,(H,26,29)/t19-,20?,22?,24?,25?/m0/s1. The van der Waals surface area contributed by atoms with Crippen LogP contribution in [0.4, 0.5) is 0 Å². The van der Waals surface area contributed by atoms with E-state index in [1.807, 2.05) is 0 Å². The van der Waals surface area contributed by atoms with Gasteiger partial charge in [-0.3, -0.25) is 14.6 Å². The summed E-state index contributed by atoms with van der Waals surface area (Å²) in [4.78, 5) is 18.2. The Morgan fingerprint density at radius 1 is 1.03 bits per heavy atom. The maximum atomic E-state index is 13.2. The number of hydrogen-bond acceptors (Lipinski definition) is 3. The lowest BCUT2D eigenvalue weighted by atomic mass is 9.45. The Bertz CT molecular complexity index is 764. The molecule has 1 amide bonds. The number of rotatable bonds is 4. The smallest absolute Gasteiger partial charge is 0.234 e. The van der Waals surface area contributed by atoms with E-state index < -0.39 is 0 Å². The van der Waals surface area contributed by atoms with Crippen LogP contribution in [0.5, 0.6) is 0 Å². The van der Waals surface area contributed by atoms with Gasteiger partial charge in [0.05, 0.1) is 6.54 Å². The molecule has 2 heterocycles. The van der Waals surface area contributed by atoms with Gasteiger partial charge in [-0.1, -0.05) is 30.3 Å². The molecule has 7 rings (SSSR count). The molecular weight excluding hydrogens is 358 g/mol. The number of nitrogens with one attached hydrogen (secondary N) is 1. The van der Waals surface area contributed by atoms with Crippen molar-refractivity contribution < 1.29 is 4.79 Å². The fraction of sp³-hybridized carbons (Fsp3) is 0.720. The second kappa shape index (κ2) is 6.81. The summed E-state index contributed by atoms with van der Waals surface area (Å²) in [6.07, 6.45) is 10.3. The molecule has 29 heavy (non-hydrogen) atoms. The Kier molecular flexibility index (Phi) is 4.32. The molecular formula is C25H35N3O. The van der Waals surface area contributed by atoms with Gasteiger partial charge in [0.25, 0.3) is 0 Å². The molecule has 4 unspecified atom stereocenters. The van der Waals surface area contributed by atoms with Crippen molar-refractivity contribution >= 4 is 5.91 Å². The average Bonchev–Trinajstić information content (AvgIpc) is 3.15. The summed E-state index contributed by atoms with van der Waals surface area (Å²) < 4.78 is 0. The minimum atomic E-state index is 0.0478. The highest BCUT2D eigenvalue weighted by Gasteiger charge is 2.58. The predicted octanol–water partition coefficient (Wildman–Crippen LogP) is 3.17. The molecule has 0 radical (unpaired) electrons. The molecule has 4 bridgehead atoms. The Labute approximate surface area is 175 Å². The van der Waals surface area contributed by atoms with Crippen molar-refractivity contribution in [3.05, 3.63) is 35.9 Å². The van der Waals surface area contributed by atoms with E-state index in [9.17, 15) is 4.79 Å². The highest BCUT2D eigenvalue weighted by molar-refractivity contribution is 5.79. The summed E-state index contributed by atoms with van der Waals surface area (Å²) in [5, 5.41) is 3.63. The molecule has 1 aromatic rings. The number of hydrogen-bond donors (Lipinski definition) is 1. The Morgan fingerprint density at radius 2 is 1.83 bits per heavy atom. The van der Waals surface area contributed by atoms with Crippen LogP contribution in [-0.4, -0.2) is 60.0 Å². The maximum absolute atomic E-state index is 13.2. The van der Waals surface area contributed by atoms with Crippen molar-refractivity contribution in [2.75, 3.05) is 32.7 Å². The lowest BCUT2D eigenvalue weighted by molar-refractivity contribution is -0.129. The van der Waals surface area contributed by atoms with Crippen LogP contribution < -0.4 is 5.32 Å². The SMILES string of the molecule is O=C(CN1CCN2CCCC2C1)NC12CC3C[C@H](C1)CC(c1ccccc1)(C3)C2. The number of fused-ring (bicyclic) bond motifs is 1.